The topological polar surface area (TPSA) is 59.4 Å². The molecular weight excluding hydrogens is 358 g/mol. The number of nitrogens with zero attached hydrogens (tertiary/aromatic N) is 1. The molecule has 116 valence electrons. The van der Waals surface area contributed by atoms with Gasteiger partial charge in [0.05, 0.1) is 16.6 Å². The number of ether oxygens (including phenoxy) is 1. The highest BCUT2D eigenvalue weighted by molar-refractivity contribution is 9.10. The van der Waals surface area contributed by atoms with Crippen LogP contribution >= 0.6 is 15.9 Å². The first-order valence-electron chi connectivity index (χ1n) is 7.04. The Morgan fingerprint density at radius 3 is 2.48 bits per heavy atom. The van der Waals surface area contributed by atoms with Crippen molar-refractivity contribution in [3.63, 3.8) is 0 Å². The number of aromatic nitrogens is 1. The van der Waals surface area contributed by atoms with Gasteiger partial charge in [-0.15, -0.1) is 0 Å². The third kappa shape index (κ3) is 2.80. The van der Waals surface area contributed by atoms with E-state index in [1.807, 2.05) is 56.3 Å². The van der Waals surface area contributed by atoms with Gasteiger partial charge in [0.1, 0.15) is 5.75 Å². The van der Waals surface area contributed by atoms with Crippen LogP contribution in [0.15, 0.2) is 46.9 Å². The Morgan fingerprint density at radius 2 is 1.83 bits per heavy atom. The predicted octanol–water partition coefficient (Wildman–Crippen LogP) is 5.34. The highest BCUT2D eigenvalue weighted by atomic mass is 79.9. The molecule has 1 aromatic heterocycles. The molecule has 0 bridgehead atoms. The van der Waals surface area contributed by atoms with Crippen LogP contribution in [0, 0.1) is 13.8 Å². The molecule has 0 saturated carbocycles. The molecule has 0 aliphatic rings. The van der Waals surface area contributed by atoms with Gasteiger partial charge in [-0.25, -0.2) is 9.78 Å². The summed E-state index contributed by atoms with van der Waals surface area (Å²) in [6, 6.07) is 13.5. The van der Waals surface area contributed by atoms with Crippen molar-refractivity contribution in [2.45, 2.75) is 13.8 Å². The SMILES string of the molecule is Cc1c(-c2ccccc2)nc2c(C)ccc(Br)c2c1OC(=O)O. The lowest BCUT2D eigenvalue weighted by Gasteiger charge is -2.15. The molecule has 23 heavy (non-hydrogen) atoms. The molecular formula is C18H14BrNO3. The molecule has 1 heterocycles. The lowest BCUT2D eigenvalue weighted by molar-refractivity contribution is 0.144. The zero-order valence-electron chi connectivity index (χ0n) is 12.6. The van der Waals surface area contributed by atoms with Crippen molar-refractivity contribution in [3.05, 3.63) is 58.1 Å². The third-order valence-electron chi connectivity index (χ3n) is 3.71. The number of halogens is 1. The van der Waals surface area contributed by atoms with Crippen molar-refractivity contribution in [1.29, 1.82) is 0 Å². The Kier molecular flexibility index (Phi) is 4.05. The first-order valence-corrected chi connectivity index (χ1v) is 7.84. The molecule has 3 rings (SSSR count). The Bertz CT molecular complexity index is 907. The van der Waals surface area contributed by atoms with Crippen molar-refractivity contribution < 1.29 is 14.6 Å². The first kappa shape index (κ1) is 15.5. The summed E-state index contributed by atoms with van der Waals surface area (Å²) >= 11 is 3.47. The molecule has 0 atom stereocenters. The largest absolute Gasteiger partial charge is 0.511 e. The summed E-state index contributed by atoms with van der Waals surface area (Å²) in [6.45, 7) is 3.76. The summed E-state index contributed by atoms with van der Waals surface area (Å²) in [7, 11) is 0. The Labute approximate surface area is 141 Å². The number of hydrogen-bond donors (Lipinski definition) is 1. The number of carbonyl (C=O) groups is 1. The lowest BCUT2D eigenvalue weighted by atomic mass is 10.0. The van der Waals surface area contributed by atoms with Crippen molar-refractivity contribution in [2.75, 3.05) is 0 Å². The van der Waals surface area contributed by atoms with Gasteiger partial charge in [0.25, 0.3) is 0 Å². The number of benzene rings is 2. The molecule has 0 unspecified atom stereocenters. The number of hydrogen-bond acceptors (Lipinski definition) is 3. The van der Waals surface area contributed by atoms with E-state index in [2.05, 4.69) is 15.9 Å². The minimum Gasteiger partial charge on any atom is -0.449 e. The molecule has 3 aromatic rings. The van der Waals surface area contributed by atoms with Gasteiger partial charge in [0, 0.05) is 15.6 Å². The third-order valence-corrected chi connectivity index (χ3v) is 4.37. The van der Waals surface area contributed by atoms with E-state index in [1.165, 1.54) is 0 Å². The van der Waals surface area contributed by atoms with Crippen LogP contribution in [0.25, 0.3) is 22.2 Å². The molecule has 0 aliphatic carbocycles. The van der Waals surface area contributed by atoms with Gasteiger partial charge in [-0.1, -0.05) is 36.4 Å². The zero-order chi connectivity index (χ0) is 16.6. The van der Waals surface area contributed by atoms with E-state index >= 15 is 0 Å². The van der Waals surface area contributed by atoms with Gasteiger partial charge in [-0.2, -0.15) is 0 Å². The minimum absolute atomic E-state index is 0.317. The minimum atomic E-state index is -1.34. The number of carboxylic acid groups (broad SMARTS) is 1. The van der Waals surface area contributed by atoms with Gasteiger partial charge >= 0.3 is 6.16 Å². The van der Waals surface area contributed by atoms with Crippen LogP contribution in [0.2, 0.25) is 0 Å². The van der Waals surface area contributed by atoms with Gasteiger partial charge < -0.3 is 9.84 Å². The quantitative estimate of drug-likeness (QED) is 0.617. The molecule has 0 aliphatic heterocycles. The van der Waals surface area contributed by atoms with E-state index in [9.17, 15) is 4.79 Å². The smallest absolute Gasteiger partial charge is 0.449 e. The van der Waals surface area contributed by atoms with Gasteiger partial charge in [-0.3, -0.25) is 0 Å². The summed E-state index contributed by atoms with van der Waals surface area (Å²) in [5, 5.41) is 9.79. The summed E-state index contributed by atoms with van der Waals surface area (Å²) in [4.78, 5) is 15.9. The highest BCUT2D eigenvalue weighted by Gasteiger charge is 2.19. The number of pyridine rings is 1. The van der Waals surface area contributed by atoms with Gasteiger partial charge in [0.2, 0.25) is 0 Å². The normalized spacial score (nSPS) is 10.7. The fourth-order valence-electron chi connectivity index (χ4n) is 2.61. The monoisotopic (exact) mass is 371 g/mol. The predicted molar refractivity (Wildman–Crippen MR) is 93.0 cm³/mol. The van der Waals surface area contributed by atoms with Crippen LogP contribution < -0.4 is 4.74 Å². The van der Waals surface area contributed by atoms with E-state index in [1.54, 1.807) is 0 Å². The Morgan fingerprint density at radius 1 is 1.13 bits per heavy atom. The maximum absolute atomic E-state index is 11.2. The fourth-order valence-corrected chi connectivity index (χ4v) is 3.11. The van der Waals surface area contributed by atoms with Crippen LogP contribution in [0.3, 0.4) is 0 Å². The molecule has 4 nitrogen and oxygen atoms in total. The van der Waals surface area contributed by atoms with E-state index < -0.39 is 6.16 Å². The first-order chi connectivity index (χ1) is 11.0. The fraction of sp³-hybridized carbons (Fsp3) is 0.111. The second kappa shape index (κ2) is 6.01. The number of rotatable bonds is 2. The summed E-state index contributed by atoms with van der Waals surface area (Å²) in [5.74, 6) is 0.317. The highest BCUT2D eigenvalue weighted by Crippen LogP contribution is 2.39. The zero-order valence-corrected chi connectivity index (χ0v) is 14.2. The van der Waals surface area contributed by atoms with Crippen LogP contribution in [-0.4, -0.2) is 16.2 Å². The average Bonchev–Trinajstić information content (AvgIpc) is 2.53. The standard InChI is InChI=1S/C18H14BrNO3/c1-10-8-9-13(19)14-15(10)20-16(12-6-4-3-5-7-12)11(2)17(14)23-18(21)22/h3-9H,1-2H3,(H,21,22). The number of aryl methyl sites for hydroxylation is 1. The van der Waals surface area contributed by atoms with Crippen molar-refractivity contribution in [3.8, 4) is 17.0 Å². The molecule has 0 spiro atoms. The van der Waals surface area contributed by atoms with Crippen molar-refractivity contribution >= 4 is 33.0 Å². The number of fused-ring (bicyclic) bond motifs is 1. The van der Waals surface area contributed by atoms with Crippen LogP contribution in [0.4, 0.5) is 4.79 Å². The molecule has 0 amide bonds. The summed E-state index contributed by atoms with van der Waals surface area (Å²) in [5.41, 5.74) is 4.00. The van der Waals surface area contributed by atoms with Crippen LogP contribution in [-0.2, 0) is 0 Å². The summed E-state index contributed by atoms with van der Waals surface area (Å²) in [6.07, 6.45) is -1.34. The lowest BCUT2D eigenvalue weighted by Crippen LogP contribution is -2.07. The van der Waals surface area contributed by atoms with E-state index in [0.717, 1.165) is 26.8 Å². The summed E-state index contributed by atoms with van der Waals surface area (Å²) < 4.78 is 5.86. The van der Waals surface area contributed by atoms with Crippen LogP contribution in [0.1, 0.15) is 11.1 Å². The molecule has 2 aromatic carbocycles. The van der Waals surface area contributed by atoms with Gasteiger partial charge in [-0.05, 0) is 41.4 Å². The second-order valence-electron chi connectivity index (χ2n) is 5.24. The van der Waals surface area contributed by atoms with E-state index in [-0.39, 0.29) is 0 Å². The van der Waals surface area contributed by atoms with Crippen molar-refractivity contribution in [1.82, 2.24) is 4.98 Å². The maximum atomic E-state index is 11.2. The van der Waals surface area contributed by atoms with E-state index in [4.69, 9.17) is 14.8 Å². The molecule has 0 fully saturated rings. The molecule has 5 heteroatoms. The maximum Gasteiger partial charge on any atom is 0.511 e. The van der Waals surface area contributed by atoms with Crippen LogP contribution in [0.5, 0.6) is 5.75 Å². The molecule has 0 saturated heterocycles. The molecule has 0 radical (unpaired) electrons. The van der Waals surface area contributed by atoms with E-state index in [0.29, 0.717) is 16.7 Å². The molecule has 1 N–H and O–H groups in total. The Hall–Kier alpha value is -2.40. The van der Waals surface area contributed by atoms with Crippen molar-refractivity contribution in [2.24, 2.45) is 0 Å². The Balaban J connectivity index is 2.42. The van der Waals surface area contributed by atoms with Gasteiger partial charge in [0.15, 0.2) is 0 Å². The second-order valence-corrected chi connectivity index (χ2v) is 6.09. The average molecular weight is 372 g/mol.